The lowest BCUT2D eigenvalue weighted by atomic mass is 9.43. The number of aliphatic hydroxyl groups is 1. The lowest BCUT2D eigenvalue weighted by molar-refractivity contribution is -0.162. The van der Waals surface area contributed by atoms with Crippen molar-refractivity contribution in [3.05, 3.63) is 0 Å². The van der Waals surface area contributed by atoms with Gasteiger partial charge >= 0.3 is 5.97 Å². The third kappa shape index (κ3) is 5.34. The van der Waals surface area contributed by atoms with Crippen LogP contribution >= 0.6 is 0 Å². The molecule has 0 heterocycles. The van der Waals surface area contributed by atoms with Crippen LogP contribution in [0.5, 0.6) is 0 Å². The van der Waals surface area contributed by atoms with E-state index in [9.17, 15) is 9.90 Å². The Morgan fingerprint density at radius 1 is 0.971 bits per heavy atom. The first-order chi connectivity index (χ1) is 16.6. The molecule has 0 aromatic heterocycles. The van der Waals surface area contributed by atoms with Crippen molar-refractivity contribution in [3.8, 4) is 0 Å². The monoisotopic (exact) mass is 490 g/mol. The largest absolute Gasteiger partial charge is 0.469 e. The Morgan fingerprint density at radius 3 is 2.40 bits per heavy atom. The number of carbonyl (C=O) groups is 1. The molecule has 3 unspecified atom stereocenters. The molecule has 0 aromatic carbocycles. The fourth-order valence-electron chi connectivity index (χ4n) is 9.75. The number of hydrogen-bond acceptors (Lipinski definition) is 5. The number of rotatable bonds is 9. The Kier molecular flexibility index (Phi) is 8.60. The van der Waals surface area contributed by atoms with Crippen molar-refractivity contribution in [1.29, 1.82) is 0 Å². The minimum Gasteiger partial charge on any atom is -0.469 e. The Hall–Kier alpha value is -0.650. The zero-order chi connectivity index (χ0) is 25.4. The molecule has 4 aliphatic carbocycles. The molecule has 202 valence electrons. The highest BCUT2D eigenvalue weighted by Gasteiger charge is 2.62. The van der Waals surface area contributed by atoms with E-state index in [1.807, 2.05) is 0 Å². The van der Waals surface area contributed by atoms with Crippen molar-refractivity contribution in [2.45, 2.75) is 117 Å². The molecule has 5 nitrogen and oxygen atoms in total. The highest BCUT2D eigenvalue weighted by molar-refractivity contribution is 5.69. The predicted molar refractivity (Wildman–Crippen MR) is 142 cm³/mol. The van der Waals surface area contributed by atoms with Crippen LogP contribution in [0.25, 0.3) is 0 Å². The molecule has 0 aliphatic heterocycles. The van der Waals surface area contributed by atoms with Crippen LogP contribution in [0.3, 0.4) is 0 Å². The second-order valence-electron chi connectivity index (χ2n) is 13.6. The molecule has 0 aromatic rings. The number of aliphatic hydroxyl groups excluding tert-OH is 1. The molecule has 3 N–H and O–H groups in total. The second-order valence-corrected chi connectivity index (χ2v) is 13.6. The van der Waals surface area contributed by atoms with E-state index in [1.54, 1.807) is 0 Å². The Labute approximate surface area is 214 Å². The van der Waals surface area contributed by atoms with E-state index in [2.05, 4.69) is 45.3 Å². The van der Waals surface area contributed by atoms with Crippen molar-refractivity contribution in [3.63, 3.8) is 0 Å². The smallest absolute Gasteiger partial charge is 0.305 e. The first kappa shape index (κ1) is 27.4. The van der Waals surface area contributed by atoms with Crippen molar-refractivity contribution < 1.29 is 14.6 Å². The zero-order valence-electron chi connectivity index (χ0n) is 23.4. The van der Waals surface area contributed by atoms with Gasteiger partial charge in [-0.15, -0.1) is 0 Å². The molecule has 4 rings (SSSR count). The summed E-state index contributed by atoms with van der Waals surface area (Å²) in [6.07, 6.45) is 11.2. The standard InChI is InChI=1S/C30H54N2O3/c1-19(2)31-15-16-32-21-11-13-30(5)25-12-14-29(4)23(20(3)7-10-28(34)35-6)8-9-24(29)22(25)18-27(33)26(30)17-21/h19-27,31-33H,7-18H2,1-6H3/t20-,21-,22?,23-,24?,25?,26+,27+,29-,30-/m1/s1. The average molecular weight is 491 g/mol. The van der Waals surface area contributed by atoms with Crippen LogP contribution in [0.2, 0.25) is 0 Å². The molecule has 5 heteroatoms. The highest BCUT2D eigenvalue weighted by atomic mass is 16.5. The lowest BCUT2D eigenvalue weighted by Crippen LogP contribution is -2.59. The quantitative estimate of drug-likeness (QED) is 0.308. The van der Waals surface area contributed by atoms with Crippen LogP contribution < -0.4 is 10.6 Å². The Balaban J connectivity index is 1.40. The molecular formula is C30H54N2O3. The van der Waals surface area contributed by atoms with Gasteiger partial charge in [0, 0.05) is 31.6 Å². The maximum atomic E-state index is 11.8. The number of nitrogens with one attached hydrogen (secondary N) is 2. The van der Waals surface area contributed by atoms with E-state index in [1.165, 1.54) is 45.6 Å². The summed E-state index contributed by atoms with van der Waals surface area (Å²) in [4.78, 5) is 11.8. The maximum Gasteiger partial charge on any atom is 0.305 e. The summed E-state index contributed by atoms with van der Waals surface area (Å²) in [5, 5.41) is 18.8. The molecule has 4 saturated carbocycles. The van der Waals surface area contributed by atoms with Crippen molar-refractivity contribution in [1.82, 2.24) is 10.6 Å². The molecule has 4 fully saturated rings. The van der Waals surface area contributed by atoms with Gasteiger partial charge in [0.25, 0.3) is 0 Å². The molecule has 0 bridgehead atoms. The number of fused-ring (bicyclic) bond motifs is 5. The zero-order valence-corrected chi connectivity index (χ0v) is 23.4. The molecule has 0 spiro atoms. The molecular weight excluding hydrogens is 436 g/mol. The van der Waals surface area contributed by atoms with Gasteiger partial charge in [0.05, 0.1) is 13.2 Å². The second kappa shape index (κ2) is 11.0. The van der Waals surface area contributed by atoms with Crippen molar-refractivity contribution in [2.24, 2.45) is 46.3 Å². The van der Waals surface area contributed by atoms with Crippen LogP contribution in [0.15, 0.2) is 0 Å². The van der Waals surface area contributed by atoms with E-state index in [0.29, 0.717) is 47.6 Å². The number of esters is 1. The van der Waals surface area contributed by atoms with E-state index in [-0.39, 0.29) is 17.5 Å². The van der Waals surface area contributed by atoms with Crippen LogP contribution in [-0.4, -0.2) is 49.5 Å². The summed E-state index contributed by atoms with van der Waals surface area (Å²) in [6, 6.07) is 1.08. The molecule has 35 heavy (non-hydrogen) atoms. The minimum absolute atomic E-state index is 0.0732. The van der Waals surface area contributed by atoms with Crippen LogP contribution in [0, 0.1) is 46.3 Å². The topological polar surface area (TPSA) is 70.6 Å². The van der Waals surface area contributed by atoms with Gasteiger partial charge in [-0.2, -0.15) is 0 Å². The number of carbonyl (C=O) groups excluding carboxylic acids is 1. The number of methoxy groups -OCH3 is 1. The van der Waals surface area contributed by atoms with Gasteiger partial charge in [-0.05, 0) is 104 Å². The summed E-state index contributed by atoms with van der Waals surface area (Å²) in [5.41, 5.74) is 0.647. The third-order valence-corrected chi connectivity index (χ3v) is 11.6. The molecule has 0 saturated heterocycles. The van der Waals surface area contributed by atoms with Gasteiger partial charge in [-0.3, -0.25) is 4.79 Å². The summed E-state index contributed by atoms with van der Waals surface area (Å²) in [7, 11) is 1.50. The van der Waals surface area contributed by atoms with Crippen LogP contribution in [-0.2, 0) is 9.53 Å². The first-order valence-corrected chi connectivity index (χ1v) is 14.8. The fourth-order valence-corrected chi connectivity index (χ4v) is 9.75. The van der Waals surface area contributed by atoms with Crippen LogP contribution in [0.4, 0.5) is 0 Å². The number of hydrogen-bond donors (Lipinski definition) is 3. The summed E-state index contributed by atoms with van der Waals surface area (Å²) in [6.45, 7) is 13.9. The average Bonchev–Trinajstić information content (AvgIpc) is 3.18. The molecule has 4 aliphatic rings. The molecule has 10 atom stereocenters. The Bertz CT molecular complexity index is 728. The first-order valence-electron chi connectivity index (χ1n) is 14.8. The van der Waals surface area contributed by atoms with Gasteiger partial charge in [0.2, 0.25) is 0 Å². The van der Waals surface area contributed by atoms with Crippen LogP contribution in [0.1, 0.15) is 98.8 Å². The fraction of sp³-hybridized carbons (Fsp3) is 0.967. The van der Waals surface area contributed by atoms with E-state index in [0.717, 1.165) is 44.2 Å². The Morgan fingerprint density at radius 2 is 1.69 bits per heavy atom. The van der Waals surface area contributed by atoms with Gasteiger partial charge < -0.3 is 20.5 Å². The third-order valence-electron chi connectivity index (χ3n) is 11.6. The van der Waals surface area contributed by atoms with E-state index >= 15 is 0 Å². The minimum atomic E-state index is -0.155. The maximum absolute atomic E-state index is 11.8. The highest BCUT2D eigenvalue weighted by Crippen LogP contribution is 2.68. The van der Waals surface area contributed by atoms with Gasteiger partial charge in [-0.25, -0.2) is 0 Å². The van der Waals surface area contributed by atoms with E-state index in [4.69, 9.17) is 4.74 Å². The van der Waals surface area contributed by atoms with Gasteiger partial charge in [0.1, 0.15) is 0 Å². The normalized spacial score (nSPS) is 43.8. The summed E-state index contributed by atoms with van der Waals surface area (Å²) >= 11 is 0. The predicted octanol–water partition coefficient (Wildman–Crippen LogP) is 5.16. The van der Waals surface area contributed by atoms with Crippen molar-refractivity contribution >= 4 is 5.97 Å². The van der Waals surface area contributed by atoms with Crippen molar-refractivity contribution in [2.75, 3.05) is 20.2 Å². The summed E-state index contributed by atoms with van der Waals surface area (Å²) in [5.74, 6) is 3.79. The molecule has 0 amide bonds. The molecule has 0 radical (unpaired) electrons. The SMILES string of the molecule is COC(=O)CC[C@@H](C)[C@H]1CCC2C3C[C@H](O)[C@@H]4C[C@H](NCCNC(C)C)CC[C@]4(C)C3CC[C@@]21C. The van der Waals surface area contributed by atoms with Gasteiger partial charge in [-0.1, -0.05) is 34.6 Å². The summed E-state index contributed by atoms with van der Waals surface area (Å²) < 4.78 is 4.91. The lowest BCUT2D eigenvalue weighted by Gasteiger charge is -2.62. The van der Waals surface area contributed by atoms with Gasteiger partial charge in [0.15, 0.2) is 0 Å². The number of ether oxygens (including phenoxy) is 1. The van der Waals surface area contributed by atoms with E-state index < -0.39 is 0 Å².